The highest BCUT2D eigenvalue weighted by atomic mass is 15.2. The minimum Gasteiger partial charge on any atom is -0.379 e. The third-order valence-corrected chi connectivity index (χ3v) is 11.0. The Morgan fingerprint density at radius 2 is 1.36 bits per heavy atom. The maximum absolute atomic E-state index is 5.64. The molecule has 4 aromatic rings. The second-order valence-corrected chi connectivity index (χ2v) is 14.3. The van der Waals surface area contributed by atoms with Crippen LogP contribution in [0.1, 0.15) is 92.3 Å². The van der Waals surface area contributed by atoms with Crippen LogP contribution in [0.3, 0.4) is 0 Å². The summed E-state index contributed by atoms with van der Waals surface area (Å²) >= 11 is 0. The fourth-order valence-corrected chi connectivity index (χ4v) is 8.06. The molecule has 0 fully saturated rings. The van der Waals surface area contributed by atoms with Crippen molar-refractivity contribution in [2.24, 2.45) is 0 Å². The average Bonchev–Trinajstić information content (AvgIpc) is 3.52. The number of pyridine rings is 1. The number of hydrogen-bond donors (Lipinski definition) is 1. The van der Waals surface area contributed by atoms with E-state index in [1.54, 1.807) is 0 Å². The molecule has 3 aromatic carbocycles. The quantitative estimate of drug-likeness (QED) is 0.205. The first-order valence-corrected chi connectivity index (χ1v) is 18.5. The Balaban J connectivity index is 1.19. The van der Waals surface area contributed by atoms with Gasteiger partial charge >= 0.3 is 0 Å². The van der Waals surface area contributed by atoms with Gasteiger partial charge in [-0.3, -0.25) is 0 Å². The van der Waals surface area contributed by atoms with E-state index >= 15 is 0 Å². The number of aromatic nitrogens is 1. The Kier molecular flexibility index (Phi) is 8.98. The van der Waals surface area contributed by atoms with E-state index in [9.17, 15) is 0 Å². The molecule has 2 unspecified atom stereocenters. The number of para-hydroxylation sites is 1. The zero-order valence-electron chi connectivity index (χ0n) is 29.6. The van der Waals surface area contributed by atoms with E-state index in [4.69, 9.17) is 4.98 Å². The van der Waals surface area contributed by atoms with Crippen LogP contribution in [0.2, 0.25) is 0 Å². The van der Waals surface area contributed by atoms with Gasteiger partial charge in [0.1, 0.15) is 0 Å². The molecule has 8 rings (SSSR count). The van der Waals surface area contributed by atoms with Crippen LogP contribution in [0.15, 0.2) is 139 Å². The number of hydrogen-bond acceptors (Lipinski definition) is 3. The van der Waals surface area contributed by atoms with Crippen molar-refractivity contribution in [2.75, 3.05) is 11.9 Å². The van der Waals surface area contributed by atoms with Crippen LogP contribution in [0.25, 0.3) is 33.7 Å². The van der Waals surface area contributed by atoms with Gasteiger partial charge in [0, 0.05) is 46.7 Å². The molecule has 3 nitrogen and oxygen atoms in total. The third kappa shape index (κ3) is 6.33. The summed E-state index contributed by atoms with van der Waals surface area (Å²) in [6, 6.07) is 30.2. The Morgan fingerprint density at radius 3 is 1.96 bits per heavy atom. The van der Waals surface area contributed by atoms with E-state index in [1.165, 1.54) is 61.5 Å². The molecule has 0 saturated heterocycles. The highest BCUT2D eigenvalue weighted by Crippen LogP contribution is 2.42. The lowest BCUT2D eigenvalue weighted by Gasteiger charge is -2.24. The maximum atomic E-state index is 5.64. The van der Waals surface area contributed by atoms with E-state index in [0.29, 0.717) is 6.04 Å². The van der Waals surface area contributed by atoms with Crippen molar-refractivity contribution in [3.63, 3.8) is 0 Å². The first-order chi connectivity index (χ1) is 24.5. The molecule has 2 heterocycles. The maximum Gasteiger partial charge on any atom is 0.0785 e. The summed E-state index contributed by atoms with van der Waals surface area (Å²) < 4.78 is 0. The minimum atomic E-state index is 0.213. The standard InChI is InChI=1S/C47H47N3/c1-32-14-10-12-20-43(32)48-33(2)34-22-26-38(27-23-34)46-41(35-15-6-4-7-16-35)31-42(36-17-8-5-9-18-36)47(49-46)39-28-24-37(25-29-39)45-30-40-19-11-13-21-44(40)50(45)3/h4-6,8,11,13-15,17,19-29,31,33,45,48H,7,9-10,12,16,18,30H2,1-3H3. The van der Waals surface area contributed by atoms with E-state index in [2.05, 4.69) is 159 Å². The Labute approximate surface area is 298 Å². The van der Waals surface area contributed by atoms with Crippen LogP contribution in [0.4, 0.5) is 5.69 Å². The van der Waals surface area contributed by atoms with Gasteiger partial charge in [-0.15, -0.1) is 0 Å². The number of likely N-dealkylation sites (N-methyl/N-ethyl adjacent to an activating group) is 1. The van der Waals surface area contributed by atoms with E-state index in [-0.39, 0.29) is 6.04 Å². The van der Waals surface area contributed by atoms with Crippen molar-refractivity contribution in [1.82, 2.24) is 10.3 Å². The molecular formula is C47H47N3. The molecule has 50 heavy (non-hydrogen) atoms. The van der Waals surface area contributed by atoms with Crippen molar-refractivity contribution in [2.45, 2.75) is 70.9 Å². The topological polar surface area (TPSA) is 28.2 Å². The van der Waals surface area contributed by atoms with Crippen molar-refractivity contribution in [3.05, 3.63) is 167 Å². The number of anilines is 1. The highest BCUT2D eigenvalue weighted by molar-refractivity contribution is 5.88. The Morgan fingerprint density at radius 1 is 0.740 bits per heavy atom. The van der Waals surface area contributed by atoms with Gasteiger partial charge in [0.15, 0.2) is 0 Å². The summed E-state index contributed by atoms with van der Waals surface area (Å²) in [7, 11) is 2.22. The number of nitrogens with one attached hydrogen (secondary N) is 1. The van der Waals surface area contributed by atoms with Crippen LogP contribution < -0.4 is 10.2 Å². The van der Waals surface area contributed by atoms with Crippen molar-refractivity contribution in [3.8, 4) is 22.5 Å². The van der Waals surface area contributed by atoms with Gasteiger partial charge in [-0.25, -0.2) is 4.98 Å². The summed E-state index contributed by atoms with van der Waals surface area (Å²) in [6.07, 6.45) is 25.6. The first-order valence-electron chi connectivity index (χ1n) is 18.5. The molecule has 1 N–H and O–H groups in total. The van der Waals surface area contributed by atoms with Crippen LogP contribution in [0.5, 0.6) is 0 Å². The second-order valence-electron chi connectivity index (χ2n) is 14.3. The molecule has 0 amide bonds. The lowest BCUT2D eigenvalue weighted by atomic mass is 9.87. The molecule has 0 radical (unpaired) electrons. The van der Waals surface area contributed by atoms with Crippen molar-refractivity contribution < 1.29 is 0 Å². The lowest BCUT2D eigenvalue weighted by molar-refractivity contribution is 0.651. The largest absolute Gasteiger partial charge is 0.379 e. The zero-order chi connectivity index (χ0) is 34.0. The molecule has 250 valence electrons. The van der Waals surface area contributed by atoms with Gasteiger partial charge in [0.05, 0.1) is 17.4 Å². The van der Waals surface area contributed by atoms with Crippen LogP contribution in [-0.4, -0.2) is 12.0 Å². The SMILES string of the molecule is CC1=CCCC=C1NC(C)c1ccc(-c2nc(-c3ccc(C4Cc5ccccc5N4C)cc3)c(C3=CC=CCC3)cc2C2=CC=CCC2)cc1. The van der Waals surface area contributed by atoms with Crippen LogP contribution in [-0.2, 0) is 6.42 Å². The molecule has 3 aliphatic carbocycles. The summed E-state index contributed by atoms with van der Waals surface area (Å²) in [5.74, 6) is 0. The molecule has 0 saturated carbocycles. The highest BCUT2D eigenvalue weighted by Gasteiger charge is 2.28. The lowest BCUT2D eigenvalue weighted by Crippen LogP contribution is -2.19. The average molecular weight is 654 g/mol. The summed E-state index contributed by atoms with van der Waals surface area (Å²) in [6.45, 7) is 4.46. The fraction of sp³-hybridized carbons (Fsp3) is 0.255. The zero-order valence-corrected chi connectivity index (χ0v) is 29.6. The smallest absolute Gasteiger partial charge is 0.0785 e. The number of allylic oxidation sites excluding steroid dienone is 11. The minimum absolute atomic E-state index is 0.213. The van der Waals surface area contributed by atoms with E-state index in [0.717, 1.165) is 61.9 Å². The summed E-state index contributed by atoms with van der Waals surface area (Å²) in [5.41, 5.74) is 17.7. The van der Waals surface area contributed by atoms with Crippen molar-refractivity contribution in [1.29, 1.82) is 0 Å². The first kappa shape index (κ1) is 32.1. The van der Waals surface area contributed by atoms with Gasteiger partial charge in [-0.1, -0.05) is 115 Å². The van der Waals surface area contributed by atoms with Gasteiger partial charge in [0.25, 0.3) is 0 Å². The van der Waals surface area contributed by atoms with Gasteiger partial charge in [-0.05, 0) is 104 Å². The molecule has 0 bridgehead atoms. The molecule has 1 aromatic heterocycles. The summed E-state index contributed by atoms with van der Waals surface area (Å²) in [4.78, 5) is 8.07. The van der Waals surface area contributed by atoms with Gasteiger partial charge < -0.3 is 10.2 Å². The predicted molar refractivity (Wildman–Crippen MR) is 212 cm³/mol. The number of fused-ring (bicyclic) bond motifs is 1. The molecule has 4 aliphatic rings. The number of benzene rings is 3. The Bertz CT molecular complexity index is 2090. The molecule has 0 spiro atoms. The van der Waals surface area contributed by atoms with Crippen molar-refractivity contribution >= 4 is 16.8 Å². The fourth-order valence-electron chi connectivity index (χ4n) is 8.06. The van der Waals surface area contributed by atoms with Gasteiger partial charge in [0.2, 0.25) is 0 Å². The summed E-state index contributed by atoms with van der Waals surface area (Å²) in [5, 5.41) is 3.76. The molecule has 3 heteroatoms. The number of nitrogens with zero attached hydrogens (tertiary/aromatic N) is 2. The molecule has 1 aliphatic heterocycles. The van der Waals surface area contributed by atoms with Crippen LogP contribution >= 0.6 is 0 Å². The molecular weight excluding hydrogens is 607 g/mol. The van der Waals surface area contributed by atoms with Gasteiger partial charge in [-0.2, -0.15) is 0 Å². The molecule has 2 atom stereocenters. The third-order valence-electron chi connectivity index (χ3n) is 11.0. The van der Waals surface area contributed by atoms with Crippen LogP contribution in [0, 0.1) is 0 Å². The van der Waals surface area contributed by atoms with E-state index < -0.39 is 0 Å². The monoisotopic (exact) mass is 653 g/mol. The normalized spacial score (nSPS) is 18.9. The van der Waals surface area contributed by atoms with E-state index in [1.807, 2.05) is 0 Å². The number of rotatable bonds is 8. The predicted octanol–water partition coefficient (Wildman–Crippen LogP) is 11.9. The second kappa shape index (κ2) is 14.0. The Hall–Kier alpha value is -5.15.